The second-order valence-corrected chi connectivity index (χ2v) is 7.19. The number of benzene rings is 1. The van der Waals surface area contributed by atoms with Gasteiger partial charge in [-0.25, -0.2) is 4.39 Å². The third kappa shape index (κ3) is 3.46. The molecule has 1 aliphatic rings. The molecule has 1 aliphatic carbocycles. The summed E-state index contributed by atoms with van der Waals surface area (Å²) in [6.07, 6.45) is 9.04. The molecule has 0 amide bonds. The first-order chi connectivity index (χ1) is 12.6. The van der Waals surface area contributed by atoms with Gasteiger partial charge in [-0.1, -0.05) is 33.1 Å². The van der Waals surface area contributed by atoms with Crippen LogP contribution in [0.4, 0.5) is 10.1 Å². The van der Waals surface area contributed by atoms with Crippen LogP contribution in [0.25, 0.3) is 10.9 Å². The molecule has 1 aromatic heterocycles. The van der Waals surface area contributed by atoms with E-state index in [2.05, 4.69) is 19.2 Å². The van der Waals surface area contributed by atoms with Gasteiger partial charge in [0.15, 0.2) is 0 Å². The molecule has 1 N–H and O–H groups in total. The van der Waals surface area contributed by atoms with Crippen molar-refractivity contribution in [2.45, 2.75) is 70.9 Å². The maximum Gasteiger partial charge on any atom is 0.207 e. The molecule has 1 saturated carbocycles. The zero-order valence-corrected chi connectivity index (χ0v) is 15.5. The Morgan fingerprint density at radius 1 is 1.27 bits per heavy atom. The fourth-order valence-electron chi connectivity index (χ4n) is 4.01. The number of nitrogens with zero attached hydrogens (tertiary/aromatic N) is 2. The molecule has 0 unspecified atom stereocenters. The summed E-state index contributed by atoms with van der Waals surface area (Å²) < 4.78 is 16.7. The molecule has 0 atom stereocenters. The molecule has 138 valence electrons. The van der Waals surface area contributed by atoms with Gasteiger partial charge in [0, 0.05) is 18.3 Å². The van der Waals surface area contributed by atoms with E-state index in [0.29, 0.717) is 11.2 Å². The van der Waals surface area contributed by atoms with E-state index >= 15 is 0 Å². The van der Waals surface area contributed by atoms with Gasteiger partial charge in [0.05, 0.1) is 16.6 Å². The quantitative estimate of drug-likeness (QED) is 0.810. The van der Waals surface area contributed by atoms with E-state index in [9.17, 15) is 14.4 Å². The molecule has 26 heavy (non-hydrogen) atoms. The number of pyridine rings is 1. The maximum absolute atomic E-state index is 14.7. The number of nitrogens with one attached hydrogen (secondary N) is 1. The minimum Gasteiger partial charge on any atom is -0.380 e. The lowest BCUT2D eigenvalue weighted by molar-refractivity contribution is 0.460. The van der Waals surface area contributed by atoms with Crippen molar-refractivity contribution in [3.05, 3.63) is 39.9 Å². The predicted molar refractivity (Wildman–Crippen MR) is 103 cm³/mol. The van der Waals surface area contributed by atoms with E-state index in [1.807, 2.05) is 10.6 Å². The molecule has 1 fully saturated rings. The number of aromatic nitrogens is 1. The van der Waals surface area contributed by atoms with Gasteiger partial charge in [-0.05, 0) is 37.8 Å². The third-order valence-corrected chi connectivity index (χ3v) is 5.54. The molecule has 4 nitrogen and oxygen atoms in total. The van der Waals surface area contributed by atoms with E-state index < -0.39 is 11.2 Å². The van der Waals surface area contributed by atoms with Crippen molar-refractivity contribution in [1.82, 2.24) is 4.57 Å². The predicted octanol–water partition coefficient (Wildman–Crippen LogP) is 5.12. The van der Waals surface area contributed by atoms with Crippen LogP contribution in [0.1, 0.15) is 70.4 Å². The van der Waals surface area contributed by atoms with Crippen LogP contribution in [0.2, 0.25) is 0 Å². The molecule has 0 aliphatic heterocycles. The first-order valence-electron chi connectivity index (χ1n) is 9.64. The smallest absolute Gasteiger partial charge is 0.207 e. The molecule has 3 rings (SSSR count). The van der Waals surface area contributed by atoms with Crippen molar-refractivity contribution in [1.29, 1.82) is 5.26 Å². The van der Waals surface area contributed by atoms with Gasteiger partial charge < -0.3 is 9.88 Å². The molecular weight excluding hydrogens is 329 g/mol. The Bertz CT molecular complexity index is 887. The molecule has 5 heteroatoms. The van der Waals surface area contributed by atoms with Gasteiger partial charge in [-0.15, -0.1) is 0 Å². The van der Waals surface area contributed by atoms with Crippen LogP contribution in [0.3, 0.4) is 0 Å². The maximum atomic E-state index is 14.7. The van der Waals surface area contributed by atoms with Crippen molar-refractivity contribution in [3.63, 3.8) is 0 Å². The van der Waals surface area contributed by atoms with Crippen LogP contribution in [-0.4, -0.2) is 10.6 Å². The molecule has 0 saturated heterocycles. The topological polar surface area (TPSA) is 57.8 Å². The highest BCUT2D eigenvalue weighted by molar-refractivity contribution is 5.84. The molecule has 0 spiro atoms. The number of nitriles is 1. The van der Waals surface area contributed by atoms with Crippen LogP contribution >= 0.6 is 0 Å². The fourth-order valence-corrected chi connectivity index (χ4v) is 4.01. The minimum absolute atomic E-state index is 0.0665. The Kier molecular flexibility index (Phi) is 5.61. The second-order valence-electron chi connectivity index (χ2n) is 7.19. The summed E-state index contributed by atoms with van der Waals surface area (Å²) >= 11 is 0. The monoisotopic (exact) mass is 355 g/mol. The van der Waals surface area contributed by atoms with Gasteiger partial charge >= 0.3 is 0 Å². The summed E-state index contributed by atoms with van der Waals surface area (Å²) in [5.74, 6) is -0.425. The van der Waals surface area contributed by atoms with Crippen molar-refractivity contribution < 1.29 is 4.39 Å². The lowest BCUT2D eigenvalue weighted by Crippen LogP contribution is -2.23. The summed E-state index contributed by atoms with van der Waals surface area (Å²) in [6.45, 7) is 4.16. The molecular formula is C21H26FN3O. The van der Waals surface area contributed by atoms with Crippen molar-refractivity contribution >= 4 is 16.6 Å². The van der Waals surface area contributed by atoms with Crippen molar-refractivity contribution in [2.75, 3.05) is 5.32 Å². The highest BCUT2D eigenvalue weighted by Crippen LogP contribution is 2.29. The SMILES string of the molecule is CCC(CC)n1cc(C#N)c(=O)c2cc(F)c(NC3CCCCC3)cc21. The average Bonchev–Trinajstić information content (AvgIpc) is 2.66. The number of halogens is 1. The highest BCUT2D eigenvalue weighted by Gasteiger charge is 2.19. The van der Waals surface area contributed by atoms with Crippen LogP contribution in [-0.2, 0) is 0 Å². The van der Waals surface area contributed by atoms with E-state index in [1.54, 1.807) is 12.3 Å². The lowest BCUT2D eigenvalue weighted by Gasteiger charge is -2.25. The first kappa shape index (κ1) is 18.4. The normalized spacial score (nSPS) is 15.3. The molecule has 2 aromatic rings. The summed E-state index contributed by atoms with van der Waals surface area (Å²) in [5.41, 5.74) is 0.820. The van der Waals surface area contributed by atoms with Crippen LogP contribution in [0.5, 0.6) is 0 Å². The standard InChI is InChI=1S/C21H26FN3O/c1-3-16(4-2)25-13-14(12-23)21(26)17-10-18(22)19(11-20(17)25)24-15-8-6-5-7-9-15/h10-11,13,15-16,24H,3-9H2,1-2H3. The van der Waals surface area contributed by atoms with E-state index in [0.717, 1.165) is 38.5 Å². The first-order valence-corrected chi connectivity index (χ1v) is 9.64. The van der Waals surface area contributed by atoms with Crippen LogP contribution < -0.4 is 10.7 Å². The van der Waals surface area contributed by atoms with Crippen LogP contribution in [0.15, 0.2) is 23.1 Å². The molecule has 0 bridgehead atoms. The van der Waals surface area contributed by atoms with Crippen molar-refractivity contribution in [3.8, 4) is 6.07 Å². The van der Waals surface area contributed by atoms with Gasteiger partial charge in [0.25, 0.3) is 0 Å². The van der Waals surface area contributed by atoms with E-state index in [-0.39, 0.29) is 23.0 Å². The van der Waals surface area contributed by atoms with Crippen LogP contribution in [0, 0.1) is 17.1 Å². The highest BCUT2D eigenvalue weighted by atomic mass is 19.1. The van der Waals surface area contributed by atoms with Gasteiger partial charge in [-0.3, -0.25) is 4.79 Å². The van der Waals surface area contributed by atoms with Crippen molar-refractivity contribution in [2.24, 2.45) is 0 Å². The second kappa shape index (κ2) is 7.90. The van der Waals surface area contributed by atoms with Gasteiger partial charge in [-0.2, -0.15) is 5.26 Å². The third-order valence-electron chi connectivity index (χ3n) is 5.54. The number of fused-ring (bicyclic) bond motifs is 1. The zero-order chi connectivity index (χ0) is 18.7. The minimum atomic E-state index is -0.425. The zero-order valence-electron chi connectivity index (χ0n) is 15.5. The Morgan fingerprint density at radius 3 is 2.58 bits per heavy atom. The van der Waals surface area contributed by atoms with E-state index in [1.165, 1.54) is 12.5 Å². The van der Waals surface area contributed by atoms with Gasteiger partial charge in [0.2, 0.25) is 5.43 Å². The molecule has 1 heterocycles. The summed E-state index contributed by atoms with van der Waals surface area (Å²) in [4.78, 5) is 12.5. The van der Waals surface area contributed by atoms with Gasteiger partial charge in [0.1, 0.15) is 17.4 Å². The number of hydrogen-bond donors (Lipinski definition) is 1. The average molecular weight is 355 g/mol. The Morgan fingerprint density at radius 2 is 1.96 bits per heavy atom. The summed E-state index contributed by atoms with van der Waals surface area (Å²) in [7, 11) is 0. The molecule has 0 radical (unpaired) electrons. The van der Waals surface area contributed by atoms with E-state index in [4.69, 9.17) is 0 Å². The summed E-state index contributed by atoms with van der Waals surface area (Å²) in [6, 6.07) is 5.45. The lowest BCUT2D eigenvalue weighted by atomic mass is 9.95. The largest absolute Gasteiger partial charge is 0.380 e. The fraction of sp³-hybridized carbons (Fsp3) is 0.524. The Balaban J connectivity index is 2.15. The number of rotatable bonds is 5. The Hall–Kier alpha value is -2.35. The Labute approximate surface area is 153 Å². The number of anilines is 1. The number of hydrogen-bond acceptors (Lipinski definition) is 3. The summed E-state index contributed by atoms with van der Waals surface area (Å²) in [5, 5.41) is 12.9. The molecule has 1 aromatic carbocycles.